The molecule has 2 bridgehead atoms. The van der Waals surface area contributed by atoms with Crippen LogP contribution in [0.5, 0.6) is 0 Å². The molecule has 0 aliphatic carbocycles. The minimum atomic E-state index is 0.439. The van der Waals surface area contributed by atoms with Gasteiger partial charge in [-0.3, -0.25) is 4.68 Å². The third-order valence-electron chi connectivity index (χ3n) is 3.86. The molecule has 0 saturated carbocycles. The molecule has 0 spiro atoms. The van der Waals surface area contributed by atoms with Crippen molar-refractivity contribution in [2.45, 2.75) is 63.9 Å². The molecular weight excluding hydrogens is 214 g/mol. The summed E-state index contributed by atoms with van der Waals surface area (Å²) in [4.78, 5) is 0. The third kappa shape index (κ3) is 2.24. The van der Waals surface area contributed by atoms with Gasteiger partial charge >= 0.3 is 0 Å². The molecule has 94 valence electrons. The van der Waals surface area contributed by atoms with Gasteiger partial charge in [0.05, 0.1) is 18.4 Å². The van der Waals surface area contributed by atoms with Crippen molar-refractivity contribution in [1.82, 2.24) is 15.1 Å². The van der Waals surface area contributed by atoms with Crippen LogP contribution in [0, 0.1) is 0 Å². The molecule has 0 amide bonds. The van der Waals surface area contributed by atoms with E-state index in [2.05, 4.69) is 30.5 Å². The molecule has 2 aliphatic rings. The summed E-state index contributed by atoms with van der Waals surface area (Å²) in [5, 5.41) is 7.96. The highest BCUT2D eigenvalue weighted by molar-refractivity contribution is 5.05. The van der Waals surface area contributed by atoms with Gasteiger partial charge in [-0.05, 0) is 33.1 Å². The molecule has 3 atom stereocenters. The van der Waals surface area contributed by atoms with Crippen LogP contribution in [-0.2, 0) is 11.3 Å². The summed E-state index contributed by atoms with van der Waals surface area (Å²) in [5.41, 5.74) is 1.27. The van der Waals surface area contributed by atoms with E-state index < -0.39 is 0 Å². The number of ether oxygens (including phenoxy) is 1. The molecule has 1 aromatic heterocycles. The number of aromatic nitrogens is 2. The van der Waals surface area contributed by atoms with E-state index >= 15 is 0 Å². The first-order valence-electron chi connectivity index (χ1n) is 6.64. The predicted molar refractivity (Wildman–Crippen MR) is 65.8 cm³/mol. The Morgan fingerprint density at radius 2 is 2.41 bits per heavy atom. The number of hydrogen-bond acceptors (Lipinski definition) is 3. The highest BCUT2D eigenvalue weighted by Gasteiger charge is 2.40. The second-order valence-corrected chi connectivity index (χ2v) is 5.52. The van der Waals surface area contributed by atoms with E-state index in [9.17, 15) is 0 Å². The van der Waals surface area contributed by atoms with E-state index in [1.54, 1.807) is 0 Å². The number of nitrogens with zero attached hydrogens (tertiary/aromatic N) is 2. The largest absolute Gasteiger partial charge is 0.373 e. The van der Waals surface area contributed by atoms with Gasteiger partial charge in [-0.2, -0.15) is 5.10 Å². The Hall–Kier alpha value is -0.870. The summed E-state index contributed by atoms with van der Waals surface area (Å²) in [7, 11) is 0. The van der Waals surface area contributed by atoms with Gasteiger partial charge in [0.15, 0.2) is 0 Å². The molecule has 1 N–H and O–H groups in total. The van der Waals surface area contributed by atoms with Gasteiger partial charge in [0.1, 0.15) is 0 Å². The lowest BCUT2D eigenvalue weighted by Crippen LogP contribution is -2.36. The topological polar surface area (TPSA) is 39.1 Å². The first-order valence-corrected chi connectivity index (χ1v) is 6.64. The molecule has 2 fully saturated rings. The third-order valence-corrected chi connectivity index (χ3v) is 3.86. The van der Waals surface area contributed by atoms with E-state index in [0.717, 1.165) is 6.54 Å². The minimum absolute atomic E-state index is 0.439. The number of hydrogen-bond donors (Lipinski definition) is 1. The SMILES string of the molecule is CC(C)n1cc(CNC2CC3CCC2O3)cn1. The van der Waals surface area contributed by atoms with Crippen molar-refractivity contribution in [3.63, 3.8) is 0 Å². The fraction of sp³-hybridized carbons (Fsp3) is 0.769. The van der Waals surface area contributed by atoms with Gasteiger partial charge in [-0.1, -0.05) is 0 Å². The fourth-order valence-corrected chi connectivity index (χ4v) is 2.85. The van der Waals surface area contributed by atoms with E-state index in [1.165, 1.54) is 24.8 Å². The fourth-order valence-electron chi connectivity index (χ4n) is 2.85. The predicted octanol–water partition coefficient (Wildman–Crippen LogP) is 1.87. The summed E-state index contributed by atoms with van der Waals surface area (Å²) in [6.07, 6.45) is 8.74. The number of rotatable bonds is 4. The average Bonchev–Trinajstić information content (AvgIpc) is 3.02. The van der Waals surface area contributed by atoms with Crippen LogP contribution in [0.25, 0.3) is 0 Å². The number of fused-ring (bicyclic) bond motifs is 2. The van der Waals surface area contributed by atoms with Crippen molar-refractivity contribution in [2.75, 3.05) is 0 Å². The van der Waals surface area contributed by atoms with Crippen LogP contribution in [-0.4, -0.2) is 28.0 Å². The second-order valence-electron chi connectivity index (χ2n) is 5.52. The Morgan fingerprint density at radius 1 is 1.53 bits per heavy atom. The lowest BCUT2D eigenvalue weighted by molar-refractivity contribution is 0.0973. The normalized spacial score (nSPS) is 31.6. The molecule has 0 radical (unpaired) electrons. The van der Waals surface area contributed by atoms with Crippen LogP contribution in [0.1, 0.15) is 44.7 Å². The zero-order valence-corrected chi connectivity index (χ0v) is 10.6. The first-order chi connectivity index (χ1) is 8.22. The monoisotopic (exact) mass is 235 g/mol. The Bertz CT molecular complexity index is 388. The van der Waals surface area contributed by atoms with Crippen LogP contribution >= 0.6 is 0 Å². The molecule has 2 saturated heterocycles. The summed E-state index contributed by atoms with van der Waals surface area (Å²) in [6, 6.07) is 0.991. The van der Waals surface area contributed by atoms with Gasteiger partial charge in [0.25, 0.3) is 0 Å². The Balaban J connectivity index is 1.53. The first kappa shape index (κ1) is 11.2. The summed E-state index contributed by atoms with van der Waals surface area (Å²) < 4.78 is 7.84. The second kappa shape index (κ2) is 4.42. The van der Waals surface area contributed by atoms with E-state index in [0.29, 0.717) is 24.3 Å². The molecule has 17 heavy (non-hydrogen) atoms. The maximum absolute atomic E-state index is 5.83. The molecule has 3 unspecified atom stereocenters. The lowest BCUT2D eigenvalue weighted by Gasteiger charge is -2.19. The molecule has 1 aromatic rings. The summed E-state index contributed by atoms with van der Waals surface area (Å²) >= 11 is 0. The maximum atomic E-state index is 5.83. The smallest absolute Gasteiger partial charge is 0.0733 e. The van der Waals surface area contributed by atoms with Crippen LogP contribution < -0.4 is 5.32 Å². The molecule has 4 heteroatoms. The zero-order chi connectivity index (χ0) is 11.8. The van der Waals surface area contributed by atoms with Crippen molar-refractivity contribution in [3.8, 4) is 0 Å². The van der Waals surface area contributed by atoms with Crippen molar-refractivity contribution in [2.24, 2.45) is 0 Å². The van der Waals surface area contributed by atoms with E-state index in [-0.39, 0.29) is 0 Å². The summed E-state index contributed by atoms with van der Waals surface area (Å²) in [5.74, 6) is 0. The Morgan fingerprint density at radius 3 is 3.00 bits per heavy atom. The zero-order valence-electron chi connectivity index (χ0n) is 10.6. The highest BCUT2D eigenvalue weighted by Crippen LogP contribution is 2.34. The van der Waals surface area contributed by atoms with Crippen molar-refractivity contribution < 1.29 is 4.74 Å². The van der Waals surface area contributed by atoms with Gasteiger partial charge in [0.2, 0.25) is 0 Å². The molecule has 0 aromatic carbocycles. The minimum Gasteiger partial charge on any atom is -0.373 e. The van der Waals surface area contributed by atoms with Gasteiger partial charge < -0.3 is 10.1 Å². The van der Waals surface area contributed by atoms with Crippen molar-refractivity contribution >= 4 is 0 Å². The quantitative estimate of drug-likeness (QED) is 0.866. The molecule has 3 heterocycles. The van der Waals surface area contributed by atoms with Crippen LogP contribution in [0.15, 0.2) is 12.4 Å². The van der Waals surface area contributed by atoms with Crippen LogP contribution in [0.4, 0.5) is 0 Å². The van der Waals surface area contributed by atoms with Crippen LogP contribution in [0.2, 0.25) is 0 Å². The van der Waals surface area contributed by atoms with E-state index in [4.69, 9.17) is 4.74 Å². The maximum Gasteiger partial charge on any atom is 0.0733 e. The molecule has 3 rings (SSSR count). The van der Waals surface area contributed by atoms with Crippen molar-refractivity contribution in [3.05, 3.63) is 18.0 Å². The Labute approximate surface area is 102 Å². The summed E-state index contributed by atoms with van der Waals surface area (Å²) in [6.45, 7) is 5.20. The van der Waals surface area contributed by atoms with E-state index in [1.807, 2.05) is 10.9 Å². The van der Waals surface area contributed by atoms with Crippen molar-refractivity contribution in [1.29, 1.82) is 0 Å². The van der Waals surface area contributed by atoms with Gasteiger partial charge in [-0.15, -0.1) is 0 Å². The molecular formula is C13H21N3O. The lowest BCUT2D eigenvalue weighted by atomic mass is 9.95. The molecule has 2 aliphatic heterocycles. The standard InChI is InChI=1S/C13H21N3O/c1-9(2)16-8-10(7-15-16)6-14-12-5-11-3-4-13(12)17-11/h7-9,11-14H,3-6H2,1-2H3. The van der Waals surface area contributed by atoms with Crippen LogP contribution in [0.3, 0.4) is 0 Å². The van der Waals surface area contributed by atoms with Gasteiger partial charge in [0, 0.05) is 30.4 Å². The highest BCUT2D eigenvalue weighted by atomic mass is 16.5. The molecule has 4 nitrogen and oxygen atoms in total. The average molecular weight is 235 g/mol. The Kier molecular flexibility index (Phi) is 2.92. The number of nitrogens with one attached hydrogen (secondary N) is 1. The van der Waals surface area contributed by atoms with Gasteiger partial charge in [-0.25, -0.2) is 0 Å².